The van der Waals surface area contributed by atoms with E-state index in [0.717, 1.165) is 13.0 Å². The van der Waals surface area contributed by atoms with E-state index in [9.17, 15) is 0 Å². The molecule has 0 aliphatic rings. The molecule has 1 unspecified atom stereocenters. The lowest BCUT2D eigenvalue weighted by Gasteiger charge is -2.20. The van der Waals surface area contributed by atoms with Gasteiger partial charge in [0.05, 0.1) is 6.61 Å². The minimum Gasteiger partial charge on any atom is -0.384 e. The predicted molar refractivity (Wildman–Crippen MR) is 90.0 cm³/mol. The van der Waals surface area contributed by atoms with Crippen molar-refractivity contribution in [3.05, 3.63) is 64.7 Å². The number of hydrogen-bond donors (Lipinski definition) is 1. The molecule has 2 heteroatoms. The van der Waals surface area contributed by atoms with Crippen LogP contribution in [0.3, 0.4) is 0 Å². The van der Waals surface area contributed by atoms with Crippen molar-refractivity contribution in [2.75, 3.05) is 19.0 Å². The molecule has 21 heavy (non-hydrogen) atoms. The highest BCUT2D eigenvalue weighted by molar-refractivity contribution is 5.53. The fraction of sp³-hybridized carbons (Fsp3) is 0.368. The summed E-state index contributed by atoms with van der Waals surface area (Å²) >= 11 is 0. The topological polar surface area (TPSA) is 21.3 Å². The van der Waals surface area contributed by atoms with Crippen LogP contribution in [0.25, 0.3) is 0 Å². The van der Waals surface area contributed by atoms with Gasteiger partial charge in [0.25, 0.3) is 0 Å². The molecule has 2 aromatic carbocycles. The van der Waals surface area contributed by atoms with E-state index < -0.39 is 0 Å². The summed E-state index contributed by atoms with van der Waals surface area (Å²) in [7, 11) is 1.74. The summed E-state index contributed by atoms with van der Waals surface area (Å²) in [6, 6.07) is 15.4. The summed E-state index contributed by atoms with van der Waals surface area (Å²) in [4.78, 5) is 0. The Bertz CT molecular complexity index is 592. The number of nitrogens with one attached hydrogen (secondary N) is 1. The van der Waals surface area contributed by atoms with E-state index in [1.807, 2.05) is 0 Å². The zero-order valence-electron chi connectivity index (χ0n) is 13.4. The summed E-state index contributed by atoms with van der Waals surface area (Å²) < 4.78 is 5.20. The second-order valence-corrected chi connectivity index (χ2v) is 5.63. The zero-order valence-corrected chi connectivity index (χ0v) is 13.4. The molecule has 1 N–H and O–H groups in total. The van der Waals surface area contributed by atoms with Crippen molar-refractivity contribution in [3.8, 4) is 0 Å². The smallest absolute Gasteiger partial charge is 0.0503 e. The van der Waals surface area contributed by atoms with Crippen molar-refractivity contribution in [3.63, 3.8) is 0 Å². The molecule has 0 radical (unpaired) electrons. The van der Waals surface area contributed by atoms with Gasteiger partial charge in [-0.3, -0.25) is 0 Å². The molecule has 1 atom stereocenters. The molecular weight excluding hydrogens is 258 g/mol. The number of rotatable bonds is 6. The average Bonchev–Trinajstić information content (AvgIpc) is 2.48. The third-order valence-electron chi connectivity index (χ3n) is 3.87. The number of benzene rings is 2. The van der Waals surface area contributed by atoms with Crippen LogP contribution in [-0.2, 0) is 11.2 Å². The van der Waals surface area contributed by atoms with Crippen LogP contribution in [0.1, 0.15) is 35.2 Å². The Hall–Kier alpha value is -1.80. The second kappa shape index (κ2) is 7.28. The zero-order chi connectivity index (χ0) is 15.2. The van der Waals surface area contributed by atoms with Gasteiger partial charge in [0.15, 0.2) is 0 Å². The minimum atomic E-state index is 0.286. The minimum absolute atomic E-state index is 0.286. The van der Waals surface area contributed by atoms with Crippen LogP contribution < -0.4 is 5.32 Å². The summed E-state index contributed by atoms with van der Waals surface area (Å²) in [5.74, 6) is 0. The van der Waals surface area contributed by atoms with E-state index in [4.69, 9.17) is 4.74 Å². The van der Waals surface area contributed by atoms with Crippen LogP contribution in [0, 0.1) is 13.8 Å². The second-order valence-electron chi connectivity index (χ2n) is 5.63. The van der Waals surface area contributed by atoms with Crippen LogP contribution in [-0.4, -0.2) is 13.7 Å². The van der Waals surface area contributed by atoms with Crippen LogP contribution in [0.15, 0.2) is 42.5 Å². The van der Waals surface area contributed by atoms with Crippen LogP contribution in [0.4, 0.5) is 5.69 Å². The fourth-order valence-corrected chi connectivity index (χ4v) is 2.63. The van der Waals surface area contributed by atoms with E-state index in [1.54, 1.807) is 7.11 Å². The summed E-state index contributed by atoms with van der Waals surface area (Å²) in [5, 5.41) is 3.65. The van der Waals surface area contributed by atoms with E-state index in [2.05, 4.69) is 68.6 Å². The Balaban J connectivity index is 2.19. The average molecular weight is 283 g/mol. The Morgan fingerprint density at radius 1 is 1.10 bits per heavy atom. The lowest BCUT2D eigenvalue weighted by Crippen LogP contribution is -2.10. The van der Waals surface area contributed by atoms with Gasteiger partial charge in [-0.15, -0.1) is 0 Å². The van der Waals surface area contributed by atoms with E-state index >= 15 is 0 Å². The van der Waals surface area contributed by atoms with Crippen molar-refractivity contribution >= 4 is 5.69 Å². The van der Waals surface area contributed by atoms with E-state index in [-0.39, 0.29) is 6.04 Å². The first-order chi connectivity index (χ1) is 10.1. The maximum absolute atomic E-state index is 5.20. The summed E-state index contributed by atoms with van der Waals surface area (Å²) in [6.45, 7) is 7.28. The van der Waals surface area contributed by atoms with Gasteiger partial charge in [0.2, 0.25) is 0 Å². The van der Waals surface area contributed by atoms with Crippen molar-refractivity contribution in [2.24, 2.45) is 0 Å². The maximum atomic E-state index is 5.20. The molecule has 0 amide bonds. The Labute approximate surface area is 128 Å². The van der Waals surface area contributed by atoms with Gasteiger partial charge in [-0.05, 0) is 49.9 Å². The molecule has 0 aromatic heterocycles. The number of methoxy groups -OCH3 is 1. The quantitative estimate of drug-likeness (QED) is 0.832. The standard InChI is InChI=1S/C19H25NO/c1-14-9-10-15(2)18(13-14)16(3)20-19-8-6-5-7-17(19)11-12-21-4/h5-10,13,16,20H,11-12H2,1-4H3. The monoisotopic (exact) mass is 283 g/mol. The lowest BCUT2D eigenvalue weighted by atomic mass is 9.99. The molecule has 0 aliphatic carbocycles. The van der Waals surface area contributed by atoms with Crippen molar-refractivity contribution in [1.82, 2.24) is 0 Å². The van der Waals surface area contributed by atoms with Gasteiger partial charge in [0, 0.05) is 18.8 Å². The number of hydrogen-bond acceptors (Lipinski definition) is 2. The SMILES string of the molecule is COCCc1ccccc1NC(C)c1cc(C)ccc1C. The maximum Gasteiger partial charge on any atom is 0.0503 e. The summed E-state index contributed by atoms with van der Waals surface area (Å²) in [5.41, 5.74) is 6.49. The summed E-state index contributed by atoms with van der Waals surface area (Å²) in [6.07, 6.45) is 0.930. The molecule has 0 fully saturated rings. The van der Waals surface area contributed by atoms with Gasteiger partial charge in [-0.2, -0.15) is 0 Å². The van der Waals surface area contributed by atoms with Gasteiger partial charge in [-0.25, -0.2) is 0 Å². The van der Waals surface area contributed by atoms with Crippen molar-refractivity contribution in [1.29, 1.82) is 0 Å². The first-order valence-corrected chi connectivity index (χ1v) is 7.52. The van der Waals surface area contributed by atoms with Crippen molar-refractivity contribution < 1.29 is 4.74 Å². The largest absolute Gasteiger partial charge is 0.384 e. The van der Waals surface area contributed by atoms with E-state index in [0.29, 0.717) is 0 Å². The Kier molecular flexibility index (Phi) is 5.40. The van der Waals surface area contributed by atoms with Crippen LogP contribution >= 0.6 is 0 Å². The molecular formula is C19H25NO. The van der Waals surface area contributed by atoms with Gasteiger partial charge in [0.1, 0.15) is 0 Å². The van der Waals surface area contributed by atoms with Gasteiger partial charge >= 0.3 is 0 Å². The molecule has 0 spiro atoms. The number of anilines is 1. The van der Waals surface area contributed by atoms with Gasteiger partial charge in [-0.1, -0.05) is 42.0 Å². The molecule has 0 saturated heterocycles. The Morgan fingerprint density at radius 3 is 2.62 bits per heavy atom. The third-order valence-corrected chi connectivity index (χ3v) is 3.87. The predicted octanol–water partition coefficient (Wildman–Crippen LogP) is 4.67. The van der Waals surface area contributed by atoms with Gasteiger partial charge < -0.3 is 10.1 Å². The first-order valence-electron chi connectivity index (χ1n) is 7.52. The molecule has 0 saturated carbocycles. The third kappa shape index (κ3) is 4.08. The Morgan fingerprint density at radius 2 is 1.86 bits per heavy atom. The van der Waals surface area contributed by atoms with Crippen LogP contribution in [0.2, 0.25) is 0 Å². The first kappa shape index (κ1) is 15.6. The molecule has 112 valence electrons. The molecule has 2 aromatic rings. The molecule has 0 heterocycles. The highest BCUT2D eigenvalue weighted by Crippen LogP contribution is 2.25. The number of ether oxygens (including phenoxy) is 1. The fourth-order valence-electron chi connectivity index (χ4n) is 2.63. The number of aryl methyl sites for hydroxylation is 2. The normalized spacial score (nSPS) is 12.2. The molecule has 0 aliphatic heterocycles. The van der Waals surface area contributed by atoms with Crippen LogP contribution in [0.5, 0.6) is 0 Å². The number of para-hydroxylation sites is 1. The highest BCUT2D eigenvalue weighted by Gasteiger charge is 2.10. The molecule has 0 bridgehead atoms. The van der Waals surface area contributed by atoms with E-state index in [1.165, 1.54) is 27.9 Å². The molecule has 2 nitrogen and oxygen atoms in total. The lowest BCUT2D eigenvalue weighted by molar-refractivity contribution is 0.202. The molecule has 2 rings (SSSR count). The highest BCUT2D eigenvalue weighted by atomic mass is 16.5. The van der Waals surface area contributed by atoms with Crippen molar-refractivity contribution in [2.45, 2.75) is 33.2 Å².